The van der Waals surface area contributed by atoms with Crippen LogP contribution in [0.1, 0.15) is 36.0 Å². The van der Waals surface area contributed by atoms with Crippen molar-refractivity contribution in [3.8, 4) is 0 Å². The van der Waals surface area contributed by atoms with E-state index in [0.717, 1.165) is 18.4 Å². The van der Waals surface area contributed by atoms with E-state index in [1.165, 1.54) is 25.7 Å². The van der Waals surface area contributed by atoms with Crippen molar-refractivity contribution in [1.29, 1.82) is 0 Å². The highest BCUT2D eigenvalue weighted by Crippen LogP contribution is 2.47. The van der Waals surface area contributed by atoms with E-state index >= 15 is 0 Å². The van der Waals surface area contributed by atoms with Crippen molar-refractivity contribution >= 4 is 23.2 Å². The molecule has 2 aliphatic rings. The van der Waals surface area contributed by atoms with Gasteiger partial charge in [-0.1, -0.05) is 18.0 Å². The second-order valence-electron chi connectivity index (χ2n) is 5.88. The van der Waals surface area contributed by atoms with Crippen LogP contribution in [0.25, 0.3) is 0 Å². The van der Waals surface area contributed by atoms with Crippen molar-refractivity contribution < 1.29 is 4.79 Å². The standard InChI is InChI=1S/C15H19ClN2O/c16-14-4-3-12(17)7-13(14)15(19)18-8-11-6-9-1-2-10(11)5-9/h3-4,7,9-11H,1-2,5-6,8,17H2,(H,18,19). The molecule has 3 atom stereocenters. The monoisotopic (exact) mass is 278 g/mol. The molecule has 102 valence electrons. The van der Waals surface area contributed by atoms with Gasteiger partial charge in [0.15, 0.2) is 0 Å². The third-order valence-electron chi connectivity index (χ3n) is 4.64. The predicted octanol–water partition coefficient (Wildman–Crippen LogP) is 3.09. The summed E-state index contributed by atoms with van der Waals surface area (Å²) >= 11 is 6.03. The van der Waals surface area contributed by atoms with Gasteiger partial charge in [-0.25, -0.2) is 0 Å². The lowest BCUT2D eigenvalue weighted by Crippen LogP contribution is -2.31. The number of hydrogen-bond acceptors (Lipinski definition) is 2. The van der Waals surface area contributed by atoms with E-state index in [1.54, 1.807) is 18.2 Å². The first-order chi connectivity index (χ1) is 9.13. The minimum atomic E-state index is -0.111. The van der Waals surface area contributed by atoms with Gasteiger partial charge in [-0.3, -0.25) is 4.79 Å². The number of anilines is 1. The Morgan fingerprint density at radius 2 is 2.21 bits per heavy atom. The number of halogens is 1. The topological polar surface area (TPSA) is 55.1 Å². The number of nitrogen functional groups attached to an aromatic ring is 1. The van der Waals surface area contributed by atoms with Crippen molar-refractivity contribution in [2.24, 2.45) is 17.8 Å². The maximum atomic E-state index is 12.1. The Balaban J connectivity index is 1.61. The van der Waals surface area contributed by atoms with Crippen molar-refractivity contribution in [2.45, 2.75) is 25.7 Å². The van der Waals surface area contributed by atoms with Gasteiger partial charge in [-0.15, -0.1) is 0 Å². The molecule has 0 heterocycles. The molecule has 2 aliphatic carbocycles. The van der Waals surface area contributed by atoms with E-state index in [0.29, 0.717) is 22.2 Å². The molecule has 2 bridgehead atoms. The molecule has 0 aliphatic heterocycles. The number of rotatable bonds is 3. The normalized spacial score (nSPS) is 28.6. The number of benzene rings is 1. The van der Waals surface area contributed by atoms with E-state index in [2.05, 4.69) is 5.32 Å². The molecule has 1 amide bonds. The molecule has 0 spiro atoms. The molecule has 0 aromatic heterocycles. The number of hydrogen-bond donors (Lipinski definition) is 2. The zero-order valence-electron chi connectivity index (χ0n) is 10.9. The molecule has 0 saturated heterocycles. The lowest BCUT2D eigenvalue weighted by atomic mass is 9.89. The van der Waals surface area contributed by atoms with Gasteiger partial charge in [0.05, 0.1) is 10.6 Å². The van der Waals surface area contributed by atoms with Crippen LogP contribution in [0.2, 0.25) is 5.02 Å². The second-order valence-corrected chi connectivity index (χ2v) is 6.29. The van der Waals surface area contributed by atoms with Crippen molar-refractivity contribution in [3.05, 3.63) is 28.8 Å². The van der Waals surface area contributed by atoms with Gasteiger partial charge in [-0.2, -0.15) is 0 Å². The molecule has 3 rings (SSSR count). The van der Waals surface area contributed by atoms with Crippen LogP contribution in [0, 0.1) is 17.8 Å². The van der Waals surface area contributed by atoms with Crippen molar-refractivity contribution in [3.63, 3.8) is 0 Å². The average molecular weight is 279 g/mol. The minimum absolute atomic E-state index is 0.111. The highest BCUT2D eigenvalue weighted by Gasteiger charge is 2.39. The highest BCUT2D eigenvalue weighted by molar-refractivity contribution is 6.34. The smallest absolute Gasteiger partial charge is 0.252 e. The van der Waals surface area contributed by atoms with Gasteiger partial charge in [0.1, 0.15) is 0 Å². The number of carbonyl (C=O) groups is 1. The Morgan fingerprint density at radius 1 is 1.37 bits per heavy atom. The maximum Gasteiger partial charge on any atom is 0.252 e. The summed E-state index contributed by atoms with van der Waals surface area (Å²) in [5.41, 5.74) is 6.74. The largest absolute Gasteiger partial charge is 0.399 e. The molecule has 0 radical (unpaired) electrons. The highest BCUT2D eigenvalue weighted by atomic mass is 35.5. The van der Waals surface area contributed by atoms with E-state index in [1.807, 2.05) is 0 Å². The summed E-state index contributed by atoms with van der Waals surface area (Å²) < 4.78 is 0. The third-order valence-corrected chi connectivity index (χ3v) is 4.97. The van der Waals surface area contributed by atoms with Crippen LogP contribution in [-0.2, 0) is 0 Å². The Hall–Kier alpha value is -1.22. The third kappa shape index (κ3) is 2.57. The van der Waals surface area contributed by atoms with Crippen LogP contribution < -0.4 is 11.1 Å². The van der Waals surface area contributed by atoms with E-state index < -0.39 is 0 Å². The van der Waals surface area contributed by atoms with E-state index in [4.69, 9.17) is 17.3 Å². The van der Waals surface area contributed by atoms with Gasteiger partial charge in [0.2, 0.25) is 0 Å². The van der Waals surface area contributed by atoms with E-state index in [-0.39, 0.29) is 5.91 Å². The molecule has 19 heavy (non-hydrogen) atoms. The van der Waals surface area contributed by atoms with Crippen molar-refractivity contribution in [1.82, 2.24) is 5.32 Å². The fourth-order valence-corrected chi connectivity index (χ4v) is 3.87. The van der Waals surface area contributed by atoms with E-state index in [9.17, 15) is 4.79 Å². The molecule has 1 aromatic rings. The molecule has 3 unspecified atom stereocenters. The van der Waals surface area contributed by atoms with Crippen LogP contribution in [0.3, 0.4) is 0 Å². The summed E-state index contributed by atoms with van der Waals surface area (Å²) in [7, 11) is 0. The quantitative estimate of drug-likeness (QED) is 0.835. The Bertz CT molecular complexity index is 503. The number of nitrogens with two attached hydrogens (primary N) is 1. The summed E-state index contributed by atoms with van der Waals surface area (Å²) in [6, 6.07) is 5.01. The van der Waals surface area contributed by atoms with Gasteiger partial charge in [0.25, 0.3) is 5.91 Å². The molecule has 4 heteroatoms. The Morgan fingerprint density at radius 3 is 2.89 bits per heavy atom. The summed E-state index contributed by atoms with van der Waals surface area (Å²) in [5.74, 6) is 2.27. The molecular weight excluding hydrogens is 260 g/mol. The number of fused-ring (bicyclic) bond motifs is 2. The second kappa shape index (κ2) is 5.04. The summed E-state index contributed by atoms with van der Waals surface area (Å²) in [6.07, 6.45) is 5.36. The first kappa shape index (κ1) is 12.8. The summed E-state index contributed by atoms with van der Waals surface area (Å²) in [6.45, 7) is 0.769. The number of nitrogens with one attached hydrogen (secondary N) is 1. The minimum Gasteiger partial charge on any atom is -0.399 e. The molecule has 3 nitrogen and oxygen atoms in total. The van der Waals surface area contributed by atoms with Gasteiger partial charge in [-0.05, 0) is 55.2 Å². The SMILES string of the molecule is Nc1ccc(Cl)c(C(=O)NCC2CC3CCC2C3)c1. The Kier molecular flexibility index (Phi) is 3.40. The van der Waals surface area contributed by atoms with Crippen LogP contribution in [0.4, 0.5) is 5.69 Å². The van der Waals surface area contributed by atoms with Gasteiger partial charge < -0.3 is 11.1 Å². The zero-order chi connectivity index (χ0) is 13.4. The van der Waals surface area contributed by atoms with Crippen LogP contribution >= 0.6 is 11.6 Å². The molecular formula is C15H19ClN2O. The lowest BCUT2D eigenvalue weighted by molar-refractivity contribution is 0.0942. The molecule has 2 fully saturated rings. The lowest BCUT2D eigenvalue weighted by Gasteiger charge is -2.21. The van der Waals surface area contributed by atoms with Crippen LogP contribution in [0.15, 0.2) is 18.2 Å². The summed E-state index contributed by atoms with van der Waals surface area (Å²) in [5, 5.41) is 3.47. The molecule has 3 N–H and O–H groups in total. The zero-order valence-corrected chi connectivity index (χ0v) is 11.6. The Labute approximate surface area is 118 Å². The predicted molar refractivity (Wildman–Crippen MR) is 77.1 cm³/mol. The average Bonchev–Trinajstić information content (AvgIpc) is 3.01. The maximum absolute atomic E-state index is 12.1. The summed E-state index contributed by atoms with van der Waals surface area (Å²) in [4.78, 5) is 12.1. The fraction of sp³-hybridized carbons (Fsp3) is 0.533. The van der Waals surface area contributed by atoms with Crippen LogP contribution in [-0.4, -0.2) is 12.5 Å². The van der Waals surface area contributed by atoms with Crippen LogP contribution in [0.5, 0.6) is 0 Å². The molecule has 2 saturated carbocycles. The van der Waals surface area contributed by atoms with Gasteiger partial charge >= 0.3 is 0 Å². The fourth-order valence-electron chi connectivity index (χ4n) is 3.66. The number of carbonyl (C=O) groups excluding carboxylic acids is 1. The van der Waals surface area contributed by atoms with Gasteiger partial charge in [0, 0.05) is 12.2 Å². The molecule has 1 aromatic carbocycles. The first-order valence-electron chi connectivity index (χ1n) is 6.96. The first-order valence-corrected chi connectivity index (χ1v) is 7.34. The number of amides is 1. The van der Waals surface area contributed by atoms with Crippen molar-refractivity contribution in [2.75, 3.05) is 12.3 Å².